The average Bonchev–Trinajstić information content (AvgIpc) is 2.95. The number of halogens is 1. The van der Waals surface area contributed by atoms with Gasteiger partial charge in [-0.3, -0.25) is 4.79 Å². The van der Waals surface area contributed by atoms with Crippen molar-refractivity contribution in [3.63, 3.8) is 0 Å². The number of aryl methyl sites for hydroxylation is 1. The Morgan fingerprint density at radius 3 is 3.00 bits per heavy atom. The lowest BCUT2D eigenvalue weighted by molar-refractivity contribution is -0.121. The van der Waals surface area contributed by atoms with Gasteiger partial charge in [0.2, 0.25) is 5.91 Å². The number of thiophene rings is 1. The average molecular weight is 291 g/mol. The summed E-state index contributed by atoms with van der Waals surface area (Å²) in [5.74, 6) is 0.218. The number of nitrogens with one attached hydrogen (secondary N) is 2. The maximum Gasteiger partial charge on any atom is 0.220 e. The van der Waals surface area contributed by atoms with Gasteiger partial charge in [0.25, 0.3) is 0 Å². The van der Waals surface area contributed by atoms with Gasteiger partial charge in [-0.25, -0.2) is 0 Å². The molecule has 1 amide bonds. The molecule has 2 heterocycles. The van der Waals surface area contributed by atoms with E-state index in [1.54, 1.807) is 11.3 Å². The van der Waals surface area contributed by atoms with Crippen LogP contribution in [-0.4, -0.2) is 36.8 Å². The van der Waals surface area contributed by atoms with Gasteiger partial charge in [0.05, 0.1) is 6.10 Å². The molecule has 102 valence electrons. The molecular weight excluding hydrogens is 272 g/mol. The zero-order valence-corrected chi connectivity index (χ0v) is 11.7. The van der Waals surface area contributed by atoms with E-state index in [9.17, 15) is 9.90 Å². The first kappa shape index (κ1) is 15.4. The predicted octanol–water partition coefficient (Wildman–Crippen LogP) is 0.799. The maximum absolute atomic E-state index is 11.6. The largest absolute Gasteiger partial charge is 0.391 e. The van der Waals surface area contributed by atoms with Gasteiger partial charge >= 0.3 is 0 Å². The van der Waals surface area contributed by atoms with Crippen LogP contribution in [0.25, 0.3) is 0 Å². The molecule has 3 N–H and O–H groups in total. The number of β-amino-alcohol motifs (C(OH)–C–C–N with tert-alkyl or cyclic N) is 1. The van der Waals surface area contributed by atoms with Crippen LogP contribution in [0.5, 0.6) is 0 Å². The van der Waals surface area contributed by atoms with Crippen LogP contribution in [0.1, 0.15) is 12.0 Å². The molecule has 2 atom stereocenters. The van der Waals surface area contributed by atoms with Crippen molar-refractivity contribution in [1.29, 1.82) is 0 Å². The third-order valence-corrected chi connectivity index (χ3v) is 3.82. The molecule has 1 saturated heterocycles. The molecular formula is C12H19ClN2O2S. The van der Waals surface area contributed by atoms with Gasteiger partial charge in [-0.05, 0) is 28.8 Å². The molecule has 4 nitrogen and oxygen atoms in total. The van der Waals surface area contributed by atoms with Crippen LogP contribution in [0.4, 0.5) is 0 Å². The lowest BCUT2D eigenvalue weighted by atomic mass is 10.1. The molecule has 0 aliphatic carbocycles. The monoisotopic (exact) mass is 290 g/mol. The highest BCUT2D eigenvalue weighted by molar-refractivity contribution is 7.07. The van der Waals surface area contributed by atoms with Crippen molar-refractivity contribution in [1.82, 2.24) is 10.6 Å². The van der Waals surface area contributed by atoms with Crippen molar-refractivity contribution in [2.45, 2.75) is 18.9 Å². The molecule has 0 saturated carbocycles. The minimum Gasteiger partial charge on any atom is -0.391 e. The summed E-state index contributed by atoms with van der Waals surface area (Å²) in [6.45, 7) is 1.98. The van der Waals surface area contributed by atoms with E-state index in [1.165, 1.54) is 5.56 Å². The molecule has 2 rings (SSSR count). The second-order valence-corrected chi connectivity index (χ2v) is 5.20. The first-order valence-corrected chi connectivity index (χ1v) is 6.86. The van der Waals surface area contributed by atoms with E-state index in [0.29, 0.717) is 19.5 Å². The number of carbonyl (C=O) groups is 1. The first-order chi connectivity index (χ1) is 8.25. The Balaban J connectivity index is 0.00000162. The quantitative estimate of drug-likeness (QED) is 0.752. The third-order valence-electron chi connectivity index (χ3n) is 3.09. The Morgan fingerprint density at radius 1 is 1.56 bits per heavy atom. The van der Waals surface area contributed by atoms with Crippen LogP contribution in [0, 0.1) is 5.92 Å². The lowest BCUT2D eigenvalue weighted by Crippen LogP contribution is -2.34. The third kappa shape index (κ3) is 4.57. The molecule has 1 aliphatic heterocycles. The SMILES string of the molecule is Cl.O=C(CCc1ccsc1)NCC1CNCC1O. The number of hydrogen-bond donors (Lipinski definition) is 3. The van der Waals surface area contributed by atoms with E-state index in [1.807, 2.05) is 11.4 Å². The van der Waals surface area contributed by atoms with Crippen LogP contribution in [-0.2, 0) is 11.2 Å². The molecule has 18 heavy (non-hydrogen) atoms. The van der Waals surface area contributed by atoms with Gasteiger partial charge in [0.1, 0.15) is 0 Å². The van der Waals surface area contributed by atoms with Crippen LogP contribution in [0.2, 0.25) is 0 Å². The number of amides is 1. The molecule has 2 unspecified atom stereocenters. The Morgan fingerprint density at radius 2 is 2.39 bits per heavy atom. The van der Waals surface area contributed by atoms with Gasteiger partial charge < -0.3 is 15.7 Å². The fraction of sp³-hybridized carbons (Fsp3) is 0.583. The van der Waals surface area contributed by atoms with E-state index in [4.69, 9.17) is 0 Å². The van der Waals surface area contributed by atoms with E-state index < -0.39 is 0 Å². The van der Waals surface area contributed by atoms with E-state index in [2.05, 4.69) is 16.0 Å². The van der Waals surface area contributed by atoms with Crippen molar-refractivity contribution in [3.8, 4) is 0 Å². The van der Waals surface area contributed by atoms with Crippen molar-refractivity contribution in [2.24, 2.45) is 5.92 Å². The smallest absolute Gasteiger partial charge is 0.220 e. The van der Waals surface area contributed by atoms with Gasteiger partial charge in [-0.2, -0.15) is 11.3 Å². The molecule has 0 bridgehead atoms. The summed E-state index contributed by atoms with van der Waals surface area (Å²) in [6, 6.07) is 2.04. The molecule has 0 spiro atoms. The fourth-order valence-corrected chi connectivity index (χ4v) is 2.66. The highest BCUT2D eigenvalue weighted by Gasteiger charge is 2.24. The zero-order chi connectivity index (χ0) is 12.1. The summed E-state index contributed by atoms with van der Waals surface area (Å²) >= 11 is 1.65. The molecule has 6 heteroatoms. The zero-order valence-electron chi connectivity index (χ0n) is 10.1. The van der Waals surface area contributed by atoms with Gasteiger partial charge in [-0.15, -0.1) is 12.4 Å². The molecule has 0 radical (unpaired) electrons. The summed E-state index contributed by atoms with van der Waals surface area (Å²) < 4.78 is 0. The van der Waals surface area contributed by atoms with Crippen molar-refractivity contribution in [3.05, 3.63) is 22.4 Å². The minimum atomic E-state index is -0.327. The van der Waals surface area contributed by atoms with Gasteiger partial charge in [-0.1, -0.05) is 0 Å². The molecule has 1 aromatic heterocycles. The molecule has 1 aliphatic rings. The van der Waals surface area contributed by atoms with E-state index >= 15 is 0 Å². The molecule has 1 aromatic rings. The number of hydrogen-bond acceptors (Lipinski definition) is 4. The van der Waals surface area contributed by atoms with Crippen LogP contribution in [0.15, 0.2) is 16.8 Å². The van der Waals surface area contributed by atoms with Gasteiger partial charge in [0, 0.05) is 32.0 Å². The maximum atomic E-state index is 11.6. The summed E-state index contributed by atoms with van der Waals surface area (Å²) in [5.41, 5.74) is 1.22. The number of carbonyl (C=O) groups excluding carboxylic acids is 1. The second-order valence-electron chi connectivity index (χ2n) is 4.42. The number of rotatable bonds is 5. The lowest BCUT2D eigenvalue weighted by Gasteiger charge is -2.13. The van der Waals surface area contributed by atoms with Crippen LogP contribution in [0.3, 0.4) is 0 Å². The highest BCUT2D eigenvalue weighted by Crippen LogP contribution is 2.09. The second kappa shape index (κ2) is 7.74. The number of aliphatic hydroxyl groups excluding tert-OH is 1. The fourth-order valence-electron chi connectivity index (χ4n) is 1.95. The van der Waals surface area contributed by atoms with Crippen LogP contribution < -0.4 is 10.6 Å². The molecule has 1 fully saturated rings. The minimum absolute atomic E-state index is 0. The van der Waals surface area contributed by atoms with Gasteiger partial charge in [0.15, 0.2) is 0 Å². The normalized spacial score (nSPS) is 22.5. The first-order valence-electron chi connectivity index (χ1n) is 5.92. The summed E-state index contributed by atoms with van der Waals surface area (Å²) in [5, 5.41) is 19.6. The summed E-state index contributed by atoms with van der Waals surface area (Å²) in [7, 11) is 0. The molecule has 0 aromatic carbocycles. The van der Waals surface area contributed by atoms with Crippen molar-refractivity contribution >= 4 is 29.7 Å². The van der Waals surface area contributed by atoms with E-state index in [-0.39, 0.29) is 30.3 Å². The Kier molecular flexibility index (Phi) is 6.63. The predicted molar refractivity (Wildman–Crippen MR) is 75.3 cm³/mol. The Hall–Kier alpha value is -0.620. The van der Waals surface area contributed by atoms with Crippen molar-refractivity contribution in [2.75, 3.05) is 19.6 Å². The topological polar surface area (TPSA) is 61.4 Å². The van der Waals surface area contributed by atoms with Crippen molar-refractivity contribution < 1.29 is 9.90 Å². The van der Waals surface area contributed by atoms with E-state index in [0.717, 1.165) is 13.0 Å². The standard InChI is InChI=1S/C12H18N2O2S.ClH/c15-11-7-13-5-10(11)6-14-12(16)2-1-9-3-4-17-8-9;/h3-4,8,10-11,13,15H,1-2,5-7H2,(H,14,16);1H. The Labute approximate surface area is 117 Å². The summed E-state index contributed by atoms with van der Waals surface area (Å²) in [4.78, 5) is 11.6. The Bertz CT molecular complexity index is 359. The number of aliphatic hydroxyl groups is 1. The van der Waals surface area contributed by atoms with Crippen LogP contribution >= 0.6 is 23.7 Å². The highest BCUT2D eigenvalue weighted by atomic mass is 35.5. The summed E-state index contributed by atoms with van der Waals surface area (Å²) in [6.07, 6.45) is 0.987.